The Labute approximate surface area is 94.4 Å². The molecule has 86 valence electrons. The average Bonchev–Trinajstić information content (AvgIpc) is 2.31. The van der Waals surface area contributed by atoms with Crippen molar-refractivity contribution >= 4 is 0 Å². The smallest absolute Gasteiger partial charge is 0.146 e. The van der Waals surface area contributed by atoms with Gasteiger partial charge in [-0.3, -0.25) is 0 Å². The number of methoxy groups -OCH3 is 1. The van der Waals surface area contributed by atoms with E-state index in [0.29, 0.717) is 18.8 Å². The molecule has 0 atom stereocenters. The van der Waals surface area contributed by atoms with Gasteiger partial charge in [0.1, 0.15) is 11.9 Å². The Bertz CT molecular complexity index is 374. The van der Waals surface area contributed by atoms with Crippen LogP contribution in [0, 0.1) is 17.1 Å². The van der Waals surface area contributed by atoms with Crippen molar-refractivity contribution in [2.24, 2.45) is 0 Å². The highest BCUT2D eigenvalue weighted by molar-refractivity contribution is 5.34. The molecule has 0 unspecified atom stereocenters. The quantitative estimate of drug-likeness (QED) is 0.694. The summed E-state index contributed by atoms with van der Waals surface area (Å²) in [4.78, 5) is 0. The lowest BCUT2D eigenvalue weighted by atomic mass is 10.1. The number of nitrogens with zero attached hydrogens (tertiary/aromatic N) is 1. The molecule has 0 aliphatic heterocycles. The summed E-state index contributed by atoms with van der Waals surface area (Å²) >= 11 is 0. The molecule has 0 aromatic heterocycles. The first-order valence-electron chi connectivity index (χ1n) is 5.03. The molecule has 0 aliphatic carbocycles. The molecule has 16 heavy (non-hydrogen) atoms. The molecule has 0 aliphatic rings. The molecular weight excluding hydrogens is 209 g/mol. The molecule has 0 fully saturated rings. The van der Waals surface area contributed by atoms with Gasteiger partial charge in [-0.05, 0) is 12.5 Å². The number of benzene rings is 1. The van der Waals surface area contributed by atoms with E-state index >= 15 is 0 Å². The third kappa shape index (κ3) is 3.61. The minimum Gasteiger partial charge on any atom is -0.385 e. The van der Waals surface area contributed by atoms with Gasteiger partial charge in [0.15, 0.2) is 0 Å². The van der Waals surface area contributed by atoms with Crippen molar-refractivity contribution in [2.75, 3.05) is 20.3 Å². The van der Waals surface area contributed by atoms with E-state index in [4.69, 9.17) is 14.7 Å². The monoisotopic (exact) mass is 223 g/mol. The molecule has 3 nitrogen and oxygen atoms in total. The van der Waals surface area contributed by atoms with Crippen LogP contribution in [0.4, 0.5) is 4.39 Å². The van der Waals surface area contributed by atoms with E-state index in [2.05, 4.69) is 0 Å². The lowest BCUT2D eigenvalue weighted by Gasteiger charge is -2.05. The highest BCUT2D eigenvalue weighted by Gasteiger charge is 2.06. The highest BCUT2D eigenvalue weighted by atomic mass is 19.1. The second-order valence-corrected chi connectivity index (χ2v) is 3.29. The lowest BCUT2D eigenvalue weighted by molar-refractivity contribution is 0.0912. The zero-order valence-electron chi connectivity index (χ0n) is 9.20. The second-order valence-electron chi connectivity index (χ2n) is 3.29. The first-order valence-corrected chi connectivity index (χ1v) is 5.03. The Morgan fingerprint density at radius 3 is 2.88 bits per heavy atom. The van der Waals surface area contributed by atoms with Gasteiger partial charge in [-0.25, -0.2) is 4.39 Å². The van der Waals surface area contributed by atoms with Gasteiger partial charge in [0, 0.05) is 25.9 Å². The molecule has 1 aromatic rings. The number of halogens is 1. The van der Waals surface area contributed by atoms with E-state index in [1.807, 2.05) is 0 Å². The largest absolute Gasteiger partial charge is 0.385 e. The molecule has 0 N–H and O–H groups in total. The van der Waals surface area contributed by atoms with E-state index < -0.39 is 5.82 Å². The zero-order valence-corrected chi connectivity index (χ0v) is 9.20. The molecule has 1 rings (SSSR count). The van der Waals surface area contributed by atoms with Gasteiger partial charge in [-0.1, -0.05) is 12.1 Å². The maximum atomic E-state index is 13.5. The van der Waals surface area contributed by atoms with Gasteiger partial charge in [0.25, 0.3) is 0 Å². The van der Waals surface area contributed by atoms with Crippen molar-refractivity contribution in [3.05, 3.63) is 35.1 Å². The Kier molecular flexibility index (Phi) is 5.48. The van der Waals surface area contributed by atoms with Crippen molar-refractivity contribution in [2.45, 2.75) is 13.0 Å². The summed E-state index contributed by atoms with van der Waals surface area (Å²) in [5.41, 5.74) is 0.467. The number of ether oxygens (including phenoxy) is 2. The summed E-state index contributed by atoms with van der Waals surface area (Å²) in [6.45, 7) is 1.33. The summed E-state index contributed by atoms with van der Waals surface area (Å²) in [5, 5.41) is 8.64. The Morgan fingerprint density at radius 1 is 1.38 bits per heavy atom. The van der Waals surface area contributed by atoms with Crippen LogP contribution in [-0.2, 0) is 16.1 Å². The fourth-order valence-electron chi connectivity index (χ4n) is 1.27. The number of nitriles is 1. The van der Waals surface area contributed by atoms with Crippen LogP contribution in [0.25, 0.3) is 0 Å². The van der Waals surface area contributed by atoms with Gasteiger partial charge in [-0.2, -0.15) is 5.26 Å². The van der Waals surface area contributed by atoms with E-state index in [1.165, 1.54) is 6.07 Å². The Morgan fingerprint density at radius 2 is 2.19 bits per heavy atom. The summed E-state index contributed by atoms with van der Waals surface area (Å²) in [6, 6.07) is 6.51. The maximum absolute atomic E-state index is 13.5. The fourth-order valence-corrected chi connectivity index (χ4v) is 1.27. The normalized spacial score (nSPS) is 10.1. The standard InChI is InChI=1S/C12H14FNO2/c1-15-6-3-7-16-9-11-5-2-4-10(8-14)12(11)13/h2,4-5H,3,6-7,9H2,1H3. The van der Waals surface area contributed by atoms with Gasteiger partial charge in [-0.15, -0.1) is 0 Å². The topological polar surface area (TPSA) is 42.2 Å². The Balaban J connectivity index is 2.45. The molecule has 0 amide bonds. The number of hydrogen-bond acceptors (Lipinski definition) is 3. The van der Waals surface area contributed by atoms with Crippen LogP contribution < -0.4 is 0 Å². The number of rotatable bonds is 6. The summed E-state index contributed by atoms with van der Waals surface area (Å²) in [7, 11) is 1.62. The molecule has 4 heteroatoms. The minimum atomic E-state index is -0.489. The summed E-state index contributed by atoms with van der Waals surface area (Å²) in [5.74, 6) is -0.489. The Hall–Kier alpha value is -1.44. The molecule has 0 saturated heterocycles. The first kappa shape index (κ1) is 12.6. The molecular formula is C12H14FNO2. The van der Waals surface area contributed by atoms with Crippen molar-refractivity contribution < 1.29 is 13.9 Å². The van der Waals surface area contributed by atoms with Crippen LogP contribution in [0.1, 0.15) is 17.5 Å². The average molecular weight is 223 g/mol. The highest BCUT2D eigenvalue weighted by Crippen LogP contribution is 2.13. The van der Waals surface area contributed by atoms with Crippen molar-refractivity contribution in [3.8, 4) is 6.07 Å². The zero-order chi connectivity index (χ0) is 11.8. The van der Waals surface area contributed by atoms with Crippen LogP contribution in [0.3, 0.4) is 0 Å². The predicted molar refractivity (Wildman–Crippen MR) is 57.3 cm³/mol. The molecule has 0 saturated carbocycles. The van der Waals surface area contributed by atoms with Crippen LogP contribution in [0.15, 0.2) is 18.2 Å². The van der Waals surface area contributed by atoms with E-state index in [1.54, 1.807) is 25.3 Å². The molecule has 0 heterocycles. The van der Waals surface area contributed by atoms with Gasteiger partial charge in [0.2, 0.25) is 0 Å². The van der Waals surface area contributed by atoms with Gasteiger partial charge in [0.05, 0.1) is 12.2 Å². The van der Waals surface area contributed by atoms with Gasteiger partial charge >= 0.3 is 0 Å². The fraction of sp³-hybridized carbons (Fsp3) is 0.417. The summed E-state index contributed by atoms with van der Waals surface area (Å²) in [6.07, 6.45) is 0.774. The minimum absolute atomic E-state index is 0.0537. The van der Waals surface area contributed by atoms with Crippen LogP contribution in [0.2, 0.25) is 0 Å². The third-order valence-corrected chi connectivity index (χ3v) is 2.09. The van der Waals surface area contributed by atoms with Crippen LogP contribution in [0.5, 0.6) is 0 Å². The third-order valence-electron chi connectivity index (χ3n) is 2.09. The molecule has 1 aromatic carbocycles. The molecule has 0 bridgehead atoms. The maximum Gasteiger partial charge on any atom is 0.146 e. The summed E-state index contributed by atoms with van der Waals surface area (Å²) < 4.78 is 23.7. The van der Waals surface area contributed by atoms with Gasteiger partial charge < -0.3 is 9.47 Å². The number of hydrogen-bond donors (Lipinski definition) is 0. The SMILES string of the molecule is COCCCOCc1cccc(C#N)c1F. The van der Waals surface area contributed by atoms with E-state index in [-0.39, 0.29) is 12.2 Å². The first-order chi connectivity index (χ1) is 7.79. The van der Waals surface area contributed by atoms with Crippen molar-refractivity contribution in [1.29, 1.82) is 5.26 Å². The van der Waals surface area contributed by atoms with Crippen molar-refractivity contribution in [1.82, 2.24) is 0 Å². The van der Waals surface area contributed by atoms with Crippen LogP contribution >= 0.6 is 0 Å². The predicted octanol–water partition coefficient (Wildman–Crippen LogP) is 2.25. The van der Waals surface area contributed by atoms with Crippen LogP contribution in [-0.4, -0.2) is 20.3 Å². The lowest BCUT2D eigenvalue weighted by Crippen LogP contribution is -2.01. The second kappa shape index (κ2) is 6.94. The van der Waals surface area contributed by atoms with E-state index in [9.17, 15) is 4.39 Å². The van der Waals surface area contributed by atoms with E-state index in [0.717, 1.165) is 6.42 Å². The molecule has 0 radical (unpaired) electrons. The van der Waals surface area contributed by atoms with Crippen molar-refractivity contribution in [3.63, 3.8) is 0 Å². The molecule has 0 spiro atoms.